The van der Waals surface area contributed by atoms with Crippen molar-refractivity contribution >= 4 is 40.5 Å². The number of benzene rings is 3. The number of nitrogens with zero attached hydrogens (tertiary/aromatic N) is 2. The Balaban J connectivity index is 1.82. The second-order valence-electron chi connectivity index (χ2n) is 7.22. The van der Waals surface area contributed by atoms with Crippen molar-refractivity contribution in [3.63, 3.8) is 0 Å². The highest BCUT2D eigenvalue weighted by atomic mass is 35.5. The lowest BCUT2D eigenvalue weighted by Crippen LogP contribution is -2.62. The largest absolute Gasteiger partial charge is 0.497 e. The molecule has 2 aliphatic rings. The number of rotatable bonds is 2. The summed E-state index contributed by atoms with van der Waals surface area (Å²) in [5.74, 6) is 0.0947. The molecule has 5 rings (SSSR count). The number of carbonyl (C=O) groups excluding carboxylic acids is 2. The van der Waals surface area contributed by atoms with E-state index >= 15 is 0 Å². The molecule has 2 aliphatic heterocycles. The number of likely N-dealkylation sites (N-methyl/N-ethyl adjacent to an activating group) is 1. The summed E-state index contributed by atoms with van der Waals surface area (Å²) in [4.78, 5) is 30.5. The normalized spacial score (nSPS) is 19.6. The molecule has 0 bridgehead atoms. The van der Waals surface area contributed by atoms with Crippen molar-refractivity contribution in [2.75, 3.05) is 29.3 Å². The molecule has 150 valence electrons. The number of methoxy groups -OCH3 is 1. The van der Waals surface area contributed by atoms with E-state index in [9.17, 15) is 9.59 Å². The van der Waals surface area contributed by atoms with Gasteiger partial charge in [-0.2, -0.15) is 0 Å². The van der Waals surface area contributed by atoms with E-state index in [4.69, 9.17) is 16.3 Å². The Bertz CT molecular complexity index is 1190. The van der Waals surface area contributed by atoms with E-state index < -0.39 is 5.66 Å². The van der Waals surface area contributed by atoms with Crippen LogP contribution in [-0.4, -0.2) is 26.0 Å². The van der Waals surface area contributed by atoms with Crippen LogP contribution in [0.15, 0.2) is 66.7 Å². The van der Waals surface area contributed by atoms with Crippen LogP contribution in [0.3, 0.4) is 0 Å². The number of hydrogen-bond acceptors (Lipinski definition) is 4. The number of amides is 2. The van der Waals surface area contributed by atoms with E-state index in [1.807, 2.05) is 12.1 Å². The van der Waals surface area contributed by atoms with Crippen LogP contribution < -0.4 is 19.9 Å². The molecule has 0 aliphatic carbocycles. The lowest BCUT2D eigenvalue weighted by molar-refractivity contribution is -0.121. The topological polar surface area (TPSA) is 61.9 Å². The molecular weight excluding hydrogens is 402 g/mol. The van der Waals surface area contributed by atoms with Crippen LogP contribution in [0.25, 0.3) is 0 Å². The van der Waals surface area contributed by atoms with Crippen LogP contribution in [0.1, 0.15) is 15.9 Å². The van der Waals surface area contributed by atoms with E-state index in [0.29, 0.717) is 39.0 Å². The molecule has 0 fully saturated rings. The van der Waals surface area contributed by atoms with Gasteiger partial charge in [-0.25, -0.2) is 0 Å². The molecule has 0 saturated carbocycles. The Kier molecular flexibility index (Phi) is 4.01. The van der Waals surface area contributed by atoms with Gasteiger partial charge in [0.05, 0.1) is 23.4 Å². The zero-order valence-electron chi connectivity index (χ0n) is 16.3. The van der Waals surface area contributed by atoms with Crippen LogP contribution in [0, 0.1) is 0 Å². The Morgan fingerprint density at radius 2 is 1.70 bits per heavy atom. The molecule has 2 amide bonds. The molecule has 1 N–H and O–H groups in total. The monoisotopic (exact) mass is 419 g/mol. The molecule has 1 spiro atoms. The summed E-state index contributed by atoms with van der Waals surface area (Å²) >= 11 is 6.46. The smallest absolute Gasteiger partial charge is 0.278 e. The SMILES string of the molecule is COc1ccc(N2C(=O)c3ccccc3N[C@]23C(=O)N(C)c2c(Cl)cccc23)cc1. The average Bonchev–Trinajstić information content (AvgIpc) is 2.97. The van der Waals surface area contributed by atoms with E-state index in [1.54, 1.807) is 68.8 Å². The Morgan fingerprint density at radius 1 is 0.967 bits per heavy atom. The molecule has 0 aromatic heterocycles. The molecule has 0 radical (unpaired) electrons. The van der Waals surface area contributed by atoms with Gasteiger partial charge in [0.1, 0.15) is 5.75 Å². The number of nitrogens with one attached hydrogen (secondary N) is 1. The van der Waals surface area contributed by atoms with Gasteiger partial charge in [0, 0.05) is 24.0 Å². The first kappa shape index (κ1) is 18.5. The van der Waals surface area contributed by atoms with Gasteiger partial charge in [0.2, 0.25) is 5.66 Å². The minimum atomic E-state index is -1.45. The summed E-state index contributed by atoms with van der Waals surface area (Å²) < 4.78 is 5.26. The van der Waals surface area contributed by atoms with E-state index in [2.05, 4.69) is 5.32 Å². The molecule has 1 atom stereocenters. The molecule has 3 aromatic rings. The van der Waals surface area contributed by atoms with Gasteiger partial charge in [-0.15, -0.1) is 0 Å². The lowest BCUT2D eigenvalue weighted by atomic mass is 9.92. The molecule has 2 heterocycles. The van der Waals surface area contributed by atoms with Crippen LogP contribution >= 0.6 is 11.6 Å². The van der Waals surface area contributed by atoms with Gasteiger partial charge in [0.15, 0.2) is 0 Å². The van der Waals surface area contributed by atoms with Crippen LogP contribution in [-0.2, 0) is 10.5 Å². The van der Waals surface area contributed by atoms with E-state index in [0.717, 1.165) is 0 Å². The fourth-order valence-corrected chi connectivity index (χ4v) is 4.59. The third kappa shape index (κ3) is 2.31. The first-order chi connectivity index (χ1) is 14.5. The van der Waals surface area contributed by atoms with E-state index in [-0.39, 0.29) is 11.8 Å². The lowest BCUT2D eigenvalue weighted by Gasteiger charge is -2.44. The van der Waals surface area contributed by atoms with Crippen molar-refractivity contribution < 1.29 is 14.3 Å². The number of halogens is 1. The maximum atomic E-state index is 13.7. The quantitative estimate of drug-likeness (QED) is 0.674. The molecule has 6 nitrogen and oxygen atoms in total. The van der Waals surface area contributed by atoms with Crippen molar-refractivity contribution in [2.45, 2.75) is 5.66 Å². The van der Waals surface area contributed by atoms with Gasteiger partial charge in [-0.05, 0) is 42.5 Å². The number of ether oxygens (including phenoxy) is 1. The van der Waals surface area contributed by atoms with Gasteiger partial charge >= 0.3 is 0 Å². The summed E-state index contributed by atoms with van der Waals surface area (Å²) in [6.45, 7) is 0. The van der Waals surface area contributed by atoms with Crippen molar-refractivity contribution in [1.29, 1.82) is 0 Å². The van der Waals surface area contributed by atoms with Crippen molar-refractivity contribution in [3.05, 3.63) is 82.9 Å². The summed E-state index contributed by atoms with van der Waals surface area (Å²) in [5.41, 5.74) is 1.42. The standard InChI is InChI=1S/C23H18ClN3O3/c1-26-20-17(7-5-8-18(20)24)23(22(26)29)25-19-9-4-3-6-16(19)21(28)27(23)14-10-12-15(30-2)13-11-14/h3-13,25H,1-2H3/t23-/m0/s1. The Labute approximate surface area is 178 Å². The van der Waals surface area contributed by atoms with Crippen LogP contribution in [0.5, 0.6) is 5.75 Å². The molecule has 7 heteroatoms. The van der Waals surface area contributed by atoms with Crippen molar-refractivity contribution in [3.8, 4) is 5.75 Å². The third-order valence-corrected chi connectivity index (χ3v) is 5.97. The summed E-state index contributed by atoms with van der Waals surface area (Å²) in [6.07, 6.45) is 0. The minimum Gasteiger partial charge on any atom is -0.497 e. The van der Waals surface area contributed by atoms with Gasteiger partial charge in [0.25, 0.3) is 11.8 Å². The van der Waals surface area contributed by atoms with E-state index in [1.165, 1.54) is 9.80 Å². The molecule has 30 heavy (non-hydrogen) atoms. The van der Waals surface area contributed by atoms with Gasteiger partial charge < -0.3 is 15.0 Å². The van der Waals surface area contributed by atoms with Crippen LogP contribution in [0.2, 0.25) is 5.02 Å². The number of anilines is 3. The maximum Gasteiger partial charge on any atom is 0.278 e. The molecule has 0 unspecified atom stereocenters. The predicted octanol–water partition coefficient (Wildman–Crippen LogP) is 4.25. The summed E-state index contributed by atoms with van der Waals surface area (Å²) in [5, 5.41) is 3.81. The average molecular weight is 420 g/mol. The second kappa shape index (κ2) is 6.50. The summed E-state index contributed by atoms with van der Waals surface area (Å²) in [7, 11) is 3.24. The fourth-order valence-electron chi connectivity index (χ4n) is 4.29. The molecule has 0 saturated heterocycles. The number of carbonyl (C=O) groups is 2. The van der Waals surface area contributed by atoms with Crippen molar-refractivity contribution in [1.82, 2.24) is 0 Å². The highest BCUT2D eigenvalue weighted by Gasteiger charge is 2.59. The predicted molar refractivity (Wildman–Crippen MR) is 116 cm³/mol. The van der Waals surface area contributed by atoms with Gasteiger partial charge in [-0.1, -0.05) is 35.9 Å². The highest BCUT2D eigenvalue weighted by Crippen LogP contribution is 2.51. The molecular formula is C23H18ClN3O3. The third-order valence-electron chi connectivity index (χ3n) is 5.67. The summed E-state index contributed by atoms with van der Waals surface area (Å²) in [6, 6.07) is 19.6. The number of para-hydroxylation sites is 2. The Morgan fingerprint density at radius 3 is 2.43 bits per heavy atom. The maximum absolute atomic E-state index is 13.7. The van der Waals surface area contributed by atoms with Crippen molar-refractivity contribution in [2.24, 2.45) is 0 Å². The van der Waals surface area contributed by atoms with Gasteiger partial charge in [-0.3, -0.25) is 14.5 Å². The zero-order chi connectivity index (χ0) is 21.0. The number of fused-ring (bicyclic) bond motifs is 3. The first-order valence-electron chi connectivity index (χ1n) is 9.42. The molecule has 3 aromatic carbocycles. The zero-order valence-corrected chi connectivity index (χ0v) is 17.1. The Hall–Kier alpha value is -3.51. The van der Waals surface area contributed by atoms with Crippen LogP contribution in [0.4, 0.5) is 17.1 Å². The minimum absolute atomic E-state index is 0.274. The fraction of sp³-hybridized carbons (Fsp3) is 0.130. The highest BCUT2D eigenvalue weighted by molar-refractivity contribution is 6.35. The number of hydrogen-bond donors (Lipinski definition) is 1. The second-order valence-corrected chi connectivity index (χ2v) is 7.63. The first-order valence-corrected chi connectivity index (χ1v) is 9.80.